The molecule has 4 rings (SSSR count). The Morgan fingerprint density at radius 3 is 2.87 bits per heavy atom. The smallest absolute Gasteiger partial charge is 0.309 e. The van der Waals surface area contributed by atoms with Gasteiger partial charge in [0.25, 0.3) is 0 Å². The molecule has 3 fully saturated rings. The van der Waals surface area contributed by atoms with Crippen molar-refractivity contribution in [2.45, 2.75) is 52.1 Å². The summed E-state index contributed by atoms with van der Waals surface area (Å²) in [6.45, 7) is 8.05. The summed E-state index contributed by atoms with van der Waals surface area (Å²) < 4.78 is 19.2. The number of carbonyl (C=O) groups is 1. The zero-order valence-corrected chi connectivity index (χ0v) is 18.5. The fourth-order valence-corrected chi connectivity index (χ4v) is 5.99. The molecule has 3 aliphatic rings. The predicted octanol–water partition coefficient (Wildman–Crippen LogP) is 6.37. The van der Waals surface area contributed by atoms with E-state index in [1.165, 1.54) is 37.8 Å². The van der Waals surface area contributed by atoms with Gasteiger partial charge in [0.1, 0.15) is 11.9 Å². The molecule has 0 N–H and O–H groups in total. The lowest BCUT2D eigenvalue weighted by atomic mass is 9.57. The quantitative estimate of drug-likeness (QED) is 0.315. The third-order valence-electron chi connectivity index (χ3n) is 7.42. The molecule has 0 amide bonds. The summed E-state index contributed by atoms with van der Waals surface area (Å²) in [5.74, 6) is 1.55. The summed E-state index contributed by atoms with van der Waals surface area (Å²) in [7, 11) is 0. The second-order valence-corrected chi connectivity index (χ2v) is 9.21. The van der Waals surface area contributed by atoms with Crippen molar-refractivity contribution >= 4 is 17.8 Å². The molecule has 0 aromatic heterocycles. The summed E-state index contributed by atoms with van der Waals surface area (Å²) >= 11 is 0. The van der Waals surface area contributed by atoms with Crippen LogP contribution >= 0.6 is 0 Å². The normalized spacial score (nSPS) is 33.4. The van der Waals surface area contributed by atoms with Crippen LogP contribution < -0.4 is 0 Å². The van der Waals surface area contributed by atoms with Gasteiger partial charge in [-0.2, -0.15) is 0 Å². The summed E-state index contributed by atoms with van der Waals surface area (Å²) in [5, 5.41) is 0. The lowest BCUT2D eigenvalue weighted by Gasteiger charge is -2.45. The third-order valence-corrected chi connectivity index (χ3v) is 7.42. The molecule has 1 aromatic carbocycles. The van der Waals surface area contributed by atoms with Crippen LogP contribution in [0.2, 0.25) is 0 Å². The van der Waals surface area contributed by atoms with E-state index in [0.29, 0.717) is 23.5 Å². The van der Waals surface area contributed by atoms with Gasteiger partial charge in [-0.1, -0.05) is 50.1 Å². The van der Waals surface area contributed by atoms with Crippen LogP contribution in [-0.2, 0) is 9.53 Å². The number of fused-ring (bicyclic) bond motifs is 2. The van der Waals surface area contributed by atoms with E-state index >= 15 is 0 Å². The maximum absolute atomic E-state index is 13.6. The van der Waals surface area contributed by atoms with Gasteiger partial charge in [0.05, 0.1) is 11.6 Å². The van der Waals surface area contributed by atoms with Crippen LogP contribution in [0.4, 0.5) is 4.39 Å². The molecule has 3 nitrogen and oxygen atoms in total. The molecule has 0 unspecified atom stereocenters. The minimum atomic E-state index is -0.264. The number of ether oxygens (including phenoxy) is 1. The number of nitrogens with zero attached hydrogens (tertiary/aromatic N) is 1. The fourth-order valence-electron chi connectivity index (χ4n) is 5.99. The summed E-state index contributed by atoms with van der Waals surface area (Å²) in [5.41, 5.74) is 2.30. The Morgan fingerprint density at radius 2 is 2.10 bits per heavy atom. The van der Waals surface area contributed by atoms with E-state index in [9.17, 15) is 9.18 Å². The van der Waals surface area contributed by atoms with E-state index < -0.39 is 0 Å². The maximum Gasteiger partial charge on any atom is 0.309 e. The first-order valence-corrected chi connectivity index (χ1v) is 11.5. The zero-order valence-electron chi connectivity index (χ0n) is 18.5. The molecule has 1 heterocycles. The molecule has 6 atom stereocenters. The fraction of sp³-hybridized carbons (Fsp3) is 0.481. The second kappa shape index (κ2) is 9.33. The van der Waals surface area contributed by atoms with Crippen LogP contribution in [0, 0.1) is 35.4 Å². The third kappa shape index (κ3) is 4.58. The van der Waals surface area contributed by atoms with Gasteiger partial charge in [0.2, 0.25) is 0 Å². The van der Waals surface area contributed by atoms with Crippen LogP contribution in [0.1, 0.15) is 51.5 Å². The Morgan fingerprint density at radius 1 is 1.29 bits per heavy atom. The standard InChI is InChI=1S/C27H32FNO2/c1-4-19(20-9-7-10-22(28)14-20)16-29-17(2)12-13-24-23-11-6-5-8-21(23)15-25-26(24)18(3)31-27(25)30/h4,7,9-10,12-14,16,18,21,23-26H,2,5-6,8,11,15H2,1,3H3/b13-12+,19-4+,29-16?/t18-,21+,23-,24+,25-,26+/m1/s1. The first kappa shape index (κ1) is 21.7. The van der Waals surface area contributed by atoms with Gasteiger partial charge in [0, 0.05) is 12.1 Å². The van der Waals surface area contributed by atoms with Crippen molar-refractivity contribution in [3.63, 3.8) is 0 Å². The van der Waals surface area contributed by atoms with Gasteiger partial charge in [-0.25, -0.2) is 4.39 Å². The van der Waals surface area contributed by atoms with Crippen molar-refractivity contribution in [2.75, 3.05) is 0 Å². The second-order valence-electron chi connectivity index (χ2n) is 9.21. The van der Waals surface area contributed by atoms with E-state index in [1.807, 2.05) is 32.1 Å². The molecule has 1 aliphatic heterocycles. The number of halogens is 1. The van der Waals surface area contributed by atoms with Crippen LogP contribution in [0.3, 0.4) is 0 Å². The molecule has 2 aliphatic carbocycles. The molecule has 4 heteroatoms. The van der Waals surface area contributed by atoms with Gasteiger partial charge >= 0.3 is 5.97 Å². The molecule has 0 radical (unpaired) electrons. The minimum Gasteiger partial charge on any atom is -0.462 e. The van der Waals surface area contributed by atoms with Gasteiger partial charge in [-0.3, -0.25) is 9.79 Å². The first-order valence-electron chi connectivity index (χ1n) is 11.5. The summed E-state index contributed by atoms with van der Waals surface area (Å²) in [6.07, 6.45) is 13.8. The highest BCUT2D eigenvalue weighted by Gasteiger charge is 2.53. The molecule has 1 aromatic rings. The number of rotatable bonds is 5. The van der Waals surface area contributed by atoms with E-state index in [-0.39, 0.29) is 29.7 Å². The lowest BCUT2D eigenvalue weighted by Crippen LogP contribution is -2.42. The molecule has 164 valence electrons. The van der Waals surface area contributed by atoms with Crippen molar-refractivity contribution < 1.29 is 13.9 Å². The van der Waals surface area contributed by atoms with Crippen molar-refractivity contribution in [1.82, 2.24) is 0 Å². The van der Waals surface area contributed by atoms with Crippen molar-refractivity contribution in [1.29, 1.82) is 0 Å². The van der Waals surface area contributed by atoms with Crippen LogP contribution in [-0.4, -0.2) is 18.3 Å². The number of allylic oxidation sites excluding steroid dienone is 4. The van der Waals surface area contributed by atoms with E-state index in [4.69, 9.17) is 4.74 Å². The average molecular weight is 422 g/mol. The van der Waals surface area contributed by atoms with Gasteiger partial charge in [-0.05, 0) is 73.8 Å². The number of benzene rings is 1. The number of cyclic esters (lactones) is 1. The Kier molecular flexibility index (Phi) is 6.54. The summed E-state index contributed by atoms with van der Waals surface area (Å²) in [6, 6.07) is 6.50. The van der Waals surface area contributed by atoms with Gasteiger partial charge < -0.3 is 4.74 Å². The first-order chi connectivity index (χ1) is 15.0. The number of hydrogen-bond donors (Lipinski definition) is 0. The van der Waals surface area contributed by atoms with Crippen LogP contribution in [0.25, 0.3) is 5.57 Å². The maximum atomic E-state index is 13.6. The molecule has 1 saturated heterocycles. The number of hydrogen-bond acceptors (Lipinski definition) is 3. The minimum absolute atomic E-state index is 0.00964. The van der Waals surface area contributed by atoms with Crippen LogP contribution in [0.5, 0.6) is 0 Å². The molecule has 2 saturated carbocycles. The molecule has 31 heavy (non-hydrogen) atoms. The highest BCUT2D eigenvalue weighted by molar-refractivity contribution is 6.10. The van der Waals surface area contributed by atoms with E-state index in [2.05, 4.69) is 17.6 Å². The van der Waals surface area contributed by atoms with Crippen molar-refractivity contribution in [3.05, 3.63) is 66.2 Å². The lowest BCUT2D eigenvalue weighted by molar-refractivity contribution is -0.144. The molecular weight excluding hydrogens is 389 g/mol. The Balaban J connectivity index is 1.50. The van der Waals surface area contributed by atoms with E-state index in [0.717, 1.165) is 17.6 Å². The predicted molar refractivity (Wildman–Crippen MR) is 123 cm³/mol. The topological polar surface area (TPSA) is 38.7 Å². The monoisotopic (exact) mass is 421 g/mol. The van der Waals surface area contributed by atoms with Crippen molar-refractivity contribution in [3.8, 4) is 0 Å². The van der Waals surface area contributed by atoms with Gasteiger partial charge in [0.15, 0.2) is 0 Å². The van der Waals surface area contributed by atoms with Crippen LogP contribution in [0.15, 0.2) is 59.8 Å². The molecule has 0 spiro atoms. The average Bonchev–Trinajstić information content (AvgIpc) is 3.05. The zero-order chi connectivity index (χ0) is 22.0. The highest BCUT2D eigenvalue weighted by atomic mass is 19.1. The molecule has 0 bridgehead atoms. The summed E-state index contributed by atoms with van der Waals surface area (Å²) in [4.78, 5) is 16.9. The highest BCUT2D eigenvalue weighted by Crippen LogP contribution is 2.53. The Bertz CT molecular complexity index is 931. The molecular formula is C27H32FNO2. The number of aliphatic imine (C=N–C) groups is 1. The number of esters is 1. The largest absolute Gasteiger partial charge is 0.462 e. The number of carbonyl (C=O) groups excluding carboxylic acids is 1. The SMILES string of the molecule is C=C(/C=C/[C@H]1[C@@H]2CCCC[C@H]2C[C@H]2C(=O)O[C@H](C)[C@@H]12)N=C/C(=C\C)c1cccc(F)c1. The van der Waals surface area contributed by atoms with E-state index in [1.54, 1.807) is 12.3 Å². The van der Waals surface area contributed by atoms with Crippen molar-refractivity contribution in [2.24, 2.45) is 34.6 Å². The van der Waals surface area contributed by atoms with Gasteiger partial charge in [-0.15, -0.1) is 0 Å². The Hall–Kier alpha value is -2.49. The Labute approximate surface area is 184 Å².